The lowest BCUT2D eigenvalue weighted by atomic mass is 10.1. The SMILES string of the molecule is C[C@@H]1Cn2nc(COc3ccccc3)cc2C(=O)N1Cc1ccccc1. The quantitative estimate of drug-likeness (QED) is 0.710. The van der Waals surface area contributed by atoms with Gasteiger partial charge in [0.15, 0.2) is 0 Å². The molecule has 1 aliphatic rings. The normalized spacial score (nSPS) is 16.4. The summed E-state index contributed by atoms with van der Waals surface area (Å²) >= 11 is 0. The van der Waals surface area contributed by atoms with Crippen molar-refractivity contribution >= 4 is 5.91 Å². The third kappa shape index (κ3) is 3.33. The minimum atomic E-state index is 0.0195. The first-order valence-corrected chi connectivity index (χ1v) is 8.80. The van der Waals surface area contributed by atoms with E-state index in [0.29, 0.717) is 25.4 Å². The van der Waals surface area contributed by atoms with Gasteiger partial charge in [-0.25, -0.2) is 0 Å². The van der Waals surface area contributed by atoms with Crippen LogP contribution in [0.2, 0.25) is 0 Å². The Morgan fingerprint density at radius 2 is 1.77 bits per heavy atom. The largest absolute Gasteiger partial charge is 0.487 e. The first-order valence-electron chi connectivity index (χ1n) is 8.80. The highest BCUT2D eigenvalue weighted by molar-refractivity contribution is 5.93. The summed E-state index contributed by atoms with van der Waals surface area (Å²) < 4.78 is 7.56. The number of carbonyl (C=O) groups is 1. The number of fused-ring (bicyclic) bond motifs is 1. The van der Waals surface area contributed by atoms with E-state index in [1.807, 2.05) is 71.6 Å². The molecular formula is C21H21N3O2. The van der Waals surface area contributed by atoms with E-state index in [0.717, 1.165) is 17.0 Å². The Kier molecular flexibility index (Phi) is 4.44. The minimum Gasteiger partial charge on any atom is -0.487 e. The number of aromatic nitrogens is 2. The fraction of sp³-hybridized carbons (Fsp3) is 0.238. The number of benzene rings is 2. The average molecular weight is 347 g/mol. The fourth-order valence-electron chi connectivity index (χ4n) is 3.23. The molecule has 4 rings (SSSR count). The highest BCUT2D eigenvalue weighted by atomic mass is 16.5. The molecular weight excluding hydrogens is 326 g/mol. The van der Waals surface area contributed by atoms with Gasteiger partial charge in [0.25, 0.3) is 5.91 Å². The van der Waals surface area contributed by atoms with Crippen molar-refractivity contribution in [3.05, 3.63) is 83.7 Å². The van der Waals surface area contributed by atoms with Crippen molar-refractivity contribution in [1.29, 1.82) is 0 Å². The van der Waals surface area contributed by atoms with Crippen molar-refractivity contribution in [3.8, 4) is 5.75 Å². The van der Waals surface area contributed by atoms with Crippen LogP contribution in [0.1, 0.15) is 28.7 Å². The third-order valence-electron chi connectivity index (χ3n) is 4.61. The zero-order chi connectivity index (χ0) is 17.9. The van der Waals surface area contributed by atoms with Gasteiger partial charge in [0.05, 0.1) is 6.54 Å². The molecule has 5 heteroatoms. The van der Waals surface area contributed by atoms with Crippen molar-refractivity contribution < 1.29 is 9.53 Å². The second-order valence-electron chi connectivity index (χ2n) is 6.57. The van der Waals surface area contributed by atoms with Crippen LogP contribution in [0.4, 0.5) is 0 Å². The maximum Gasteiger partial charge on any atom is 0.272 e. The summed E-state index contributed by atoms with van der Waals surface area (Å²) in [6.45, 7) is 3.72. The molecule has 0 aliphatic carbocycles. The van der Waals surface area contributed by atoms with Crippen molar-refractivity contribution in [1.82, 2.24) is 14.7 Å². The maximum absolute atomic E-state index is 12.9. The summed E-state index contributed by atoms with van der Waals surface area (Å²) in [6, 6.07) is 21.6. The van der Waals surface area contributed by atoms with E-state index in [1.165, 1.54) is 0 Å². The summed E-state index contributed by atoms with van der Waals surface area (Å²) in [5.41, 5.74) is 2.53. The number of carbonyl (C=O) groups excluding carboxylic acids is 1. The molecule has 2 heterocycles. The van der Waals surface area contributed by atoms with Gasteiger partial charge >= 0.3 is 0 Å². The van der Waals surface area contributed by atoms with Gasteiger partial charge in [-0.1, -0.05) is 48.5 Å². The number of nitrogens with zero attached hydrogens (tertiary/aromatic N) is 3. The van der Waals surface area contributed by atoms with E-state index in [2.05, 4.69) is 12.0 Å². The number of para-hydroxylation sites is 1. The predicted octanol–water partition coefficient (Wildman–Crippen LogP) is 3.51. The molecule has 0 N–H and O–H groups in total. The van der Waals surface area contributed by atoms with E-state index in [1.54, 1.807) is 4.68 Å². The van der Waals surface area contributed by atoms with Crippen LogP contribution in [-0.2, 0) is 19.7 Å². The molecule has 26 heavy (non-hydrogen) atoms. The van der Waals surface area contributed by atoms with Gasteiger partial charge in [-0.15, -0.1) is 0 Å². The molecule has 0 unspecified atom stereocenters. The van der Waals surface area contributed by atoms with Gasteiger partial charge in [0.1, 0.15) is 23.7 Å². The summed E-state index contributed by atoms with van der Waals surface area (Å²) in [4.78, 5) is 14.9. The van der Waals surface area contributed by atoms with Gasteiger partial charge in [-0.3, -0.25) is 9.48 Å². The third-order valence-corrected chi connectivity index (χ3v) is 4.61. The Bertz CT molecular complexity index is 890. The van der Waals surface area contributed by atoms with E-state index in [-0.39, 0.29) is 11.9 Å². The van der Waals surface area contributed by atoms with Gasteiger partial charge < -0.3 is 9.64 Å². The summed E-state index contributed by atoms with van der Waals surface area (Å²) in [5, 5.41) is 4.55. The van der Waals surface area contributed by atoms with Gasteiger partial charge in [-0.2, -0.15) is 5.10 Å². The van der Waals surface area contributed by atoms with Crippen molar-refractivity contribution in [3.63, 3.8) is 0 Å². The van der Waals surface area contributed by atoms with Crippen molar-refractivity contribution in [2.45, 2.75) is 32.7 Å². The standard InChI is InChI=1S/C21H21N3O2/c1-16-13-24-20(21(25)23(16)14-17-8-4-2-5-9-17)12-18(22-24)15-26-19-10-6-3-7-11-19/h2-12,16H,13-15H2,1H3/t16-/m1/s1. The molecule has 0 fully saturated rings. The molecule has 0 saturated heterocycles. The average Bonchev–Trinajstić information content (AvgIpc) is 3.08. The topological polar surface area (TPSA) is 47.4 Å². The van der Waals surface area contributed by atoms with Crippen molar-refractivity contribution in [2.75, 3.05) is 0 Å². The molecule has 3 aromatic rings. The van der Waals surface area contributed by atoms with Crippen LogP contribution in [0.3, 0.4) is 0 Å². The van der Waals surface area contributed by atoms with Gasteiger partial charge in [0, 0.05) is 12.6 Å². The summed E-state index contributed by atoms with van der Waals surface area (Å²) in [6.07, 6.45) is 0. The van der Waals surface area contributed by atoms with Crippen LogP contribution in [-0.4, -0.2) is 26.6 Å². The lowest BCUT2D eigenvalue weighted by Gasteiger charge is -2.33. The highest BCUT2D eigenvalue weighted by Crippen LogP contribution is 2.21. The first kappa shape index (κ1) is 16.4. The second-order valence-corrected chi connectivity index (χ2v) is 6.57. The second kappa shape index (κ2) is 7.04. The number of ether oxygens (including phenoxy) is 1. The van der Waals surface area contributed by atoms with Crippen LogP contribution in [0, 0.1) is 0 Å². The smallest absolute Gasteiger partial charge is 0.272 e. The number of amides is 1. The molecule has 1 aromatic heterocycles. The Balaban J connectivity index is 1.50. The van der Waals surface area contributed by atoms with Crippen LogP contribution in [0.25, 0.3) is 0 Å². The Morgan fingerprint density at radius 3 is 2.50 bits per heavy atom. The number of hydrogen-bond acceptors (Lipinski definition) is 3. The van der Waals surface area contributed by atoms with Gasteiger partial charge in [-0.05, 0) is 30.7 Å². The highest BCUT2D eigenvalue weighted by Gasteiger charge is 2.31. The lowest BCUT2D eigenvalue weighted by Crippen LogP contribution is -2.46. The van der Waals surface area contributed by atoms with Gasteiger partial charge in [0.2, 0.25) is 0 Å². The van der Waals surface area contributed by atoms with Crippen molar-refractivity contribution in [2.24, 2.45) is 0 Å². The Hall–Kier alpha value is -3.08. The predicted molar refractivity (Wildman–Crippen MR) is 98.8 cm³/mol. The Labute approximate surface area is 152 Å². The van der Waals surface area contributed by atoms with E-state index in [4.69, 9.17) is 4.74 Å². The molecule has 0 radical (unpaired) electrons. The molecule has 2 aromatic carbocycles. The molecule has 0 saturated carbocycles. The zero-order valence-electron chi connectivity index (χ0n) is 14.7. The maximum atomic E-state index is 12.9. The zero-order valence-corrected chi connectivity index (χ0v) is 14.7. The molecule has 1 aliphatic heterocycles. The van der Waals surface area contributed by atoms with Crippen LogP contribution >= 0.6 is 0 Å². The summed E-state index contributed by atoms with van der Waals surface area (Å²) in [7, 11) is 0. The number of rotatable bonds is 5. The summed E-state index contributed by atoms with van der Waals surface area (Å²) in [5.74, 6) is 0.815. The molecule has 0 spiro atoms. The van der Waals surface area contributed by atoms with Crippen LogP contribution in [0.15, 0.2) is 66.7 Å². The monoisotopic (exact) mass is 347 g/mol. The molecule has 0 bridgehead atoms. The first-order chi connectivity index (χ1) is 12.7. The van der Waals surface area contributed by atoms with E-state index in [9.17, 15) is 4.79 Å². The number of hydrogen-bond donors (Lipinski definition) is 0. The molecule has 1 amide bonds. The molecule has 1 atom stereocenters. The van der Waals surface area contributed by atoms with E-state index < -0.39 is 0 Å². The lowest BCUT2D eigenvalue weighted by molar-refractivity contribution is 0.0584. The molecule has 5 nitrogen and oxygen atoms in total. The molecule has 132 valence electrons. The van der Waals surface area contributed by atoms with Crippen LogP contribution < -0.4 is 4.74 Å². The Morgan fingerprint density at radius 1 is 1.08 bits per heavy atom. The fourth-order valence-corrected chi connectivity index (χ4v) is 3.23. The van der Waals surface area contributed by atoms with Crippen LogP contribution in [0.5, 0.6) is 5.75 Å². The minimum absolute atomic E-state index is 0.0195. The van der Waals surface area contributed by atoms with E-state index >= 15 is 0 Å².